The largest absolute Gasteiger partial charge is 0.332 e. The standard InChI is InChI=1S/C20H23BrN2O2S/c1-13-10-15(21)8-9-16(13)22-19(24)12-23(2)20(25)18-11-14-6-4-3-5-7-17(14)26-18/h8-11H,3-7,12H2,1-2H3,(H,22,24). The molecule has 1 heterocycles. The van der Waals surface area contributed by atoms with E-state index < -0.39 is 0 Å². The highest BCUT2D eigenvalue weighted by Gasteiger charge is 2.20. The number of halogens is 1. The van der Waals surface area contributed by atoms with Crippen molar-refractivity contribution in [3.05, 3.63) is 49.6 Å². The average molecular weight is 435 g/mol. The lowest BCUT2D eigenvalue weighted by molar-refractivity contribution is -0.116. The highest BCUT2D eigenvalue weighted by atomic mass is 79.9. The van der Waals surface area contributed by atoms with Gasteiger partial charge in [-0.1, -0.05) is 22.4 Å². The minimum Gasteiger partial charge on any atom is -0.332 e. The minimum absolute atomic E-state index is 0.0386. The maximum Gasteiger partial charge on any atom is 0.264 e. The lowest BCUT2D eigenvalue weighted by atomic mass is 10.1. The van der Waals surface area contributed by atoms with E-state index >= 15 is 0 Å². The number of anilines is 1. The van der Waals surface area contributed by atoms with Gasteiger partial charge in [-0.25, -0.2) is 0 Å². The first-order valence-corrected chi connectivity index (χ1v) is 10.5. The van der Waals surface area contributed by atoms with Gasteiger partial charge >= 0.3 is 0 Å². The second kappa shape index (κ2) is 8.35. The SMILES string of the molecule is Cc1cc(Br)ccc1NC(=O)CN(C)C(=O)c1cc2c(s1)CCCCC2. The second-order valence-electron chi connectivity index (χ2n) is 6.79. The van der Waals surface area contributed by atoms with Gasteiger partial charge in [-0.3, -0.25) is 9.59 Å². The van der Waals surface area contributed by atoms with Crippen LogP contribution in [0.25, 0.3) is 0 Å². The Morgan fingerprint density at radius 1 is 1.19 bits per heavy atom. The van der Waals surface area contributed by atoms with Crippen molar-refractivity contribution in [2.45, 2.75) is 39.0 Å². The molecule has 2 amide bonds. The lowest BCUT2D eigenvalue weighted by Crippen LogP contribution is -2.34. The molecule has 1 aromatic heterocycles. The predicted octanol–water partition coefficient (Wildman–Crippen LogP) is 4.80. The number of hydrogen-bond donors (Lipinski definition) is 1. The molecule has 26 heavy (non-hydrogen) atoms. The molecule has 0 bridgehead atoms. The van der Waals surface area contributed by atoms with Gasteiger partial charge in [0.05, 0.1) is 11.4 Å². The predicted molar refractivity (Wildman–Crippen MR) is 110 cm³/mol. The average Bonchev–Trinajstić information content (AvgIpc) is 2.87. The number of carbonyl (C=O) groups is 2. The minimum atomic E-state index is -0.190. The van der Waals surface area contributed by atoms with Crippen LogP contribution in [0.3, 0.4) is 0 Å². The van der Waals surface area contributed by atoms with Crippen molar-refractivity contribution in [3.63, 3.8) is 0 Å². The molecule has 0 radical (unpaired) electrons. The van der Waals surface area contributed by atoms with Crippen LogP contribution in [0.1, 0.15) is 44.9 Å². The van der Waals surface area contributed by atoms with Gasteiger partial charge in [0.1, 0.15) is 0 Å². The maximum atomic E-state index is 12.7. The summed E-state index contributed by atoms with van der Waals surface area (Å²) in [5.41, 5.74) is 3.06. The number of nitrogens with zero attached hydrogens (tertiary/aromatic N) is 1. The first-order chi connectivity index (χ1) is 12.4. The molecule has 0 aliphatic heterocycles. The number of thiophene rings is 1. The molecule has 2 aromatic rings. The van der Waals surface area contributed by atoms with Gasteiger partial charge in [0, 0.05) is 22.1 Å². The number of rotatable bonds is 4. The molecular formula is C20H23BrN2O2S. The molecule has 0 saturated heterocycles. The number of hydrogen-bond acceptors (Lipinski definition) is 3. The Morgan fingerprint density at radius 3 is 2.73 bits per heavy atom. The topological polar surface area (TPSA) is 49.4 Å². The molecule has 138 valence electrons. The first kappa shape index (κ1) is 19.1. The van der Waals surface area contributed by atoms with E-state index in [1.807, 2.05) is 31.2 Å². The summed E-state index contributed by atoms with van der Waals surface area (Å²) in [6, 6.07) is 7.72. The molecule has 1 aliphatic carbocycles. The van der Waals surface area contributed by atoms with Gasteiger partial charge in [0.2, 0.25) is 5.91 Å². The van der Waals surface area contributed by atoms with E-state index in [0.717, 1.165) is 33.4 Å². The molecule has 4 nitrogen and oxygen atoms in total. The van der Waals surface area contributed by atoms with Crippen LogP contribution in [0.15, 0.2) is 28.7 Å². The van der Waals surface area contributed by atoms with Crippen molar-refractivity contribution in [2.75, 3.05) is 18.9 Å². The molecule has 0 fully saturated rings. The summed E-state index contributed by atoms with van der Waals surface area (Å²) in [4.78, 5) is 28.6. The van der Waals surface area contributed by atoms with E-state index in [-0.39, 0.29) is 18.4 Å². The van der Waals surface area contributed by atoms with Crippen LogP contribution in [0, 0.1) is 6.92 Å². The molecule has 6 heteroatoms. The fraction of sp³-hybridized carbons (Fsp3) is 0.400. The third-order valence-corrected chi connectivity index (χ3v) is 6.37. The van der Waals surface area contributed by atoms with Gasteiger partial charge < -0.3 is 10.2 Å². The maximum absolute atomic E-state index is 12.7. The Labute approximate surface area is 166 Å². The molecule has 0 spiro atoms. The van der Waals surface area contributed by atoms with Crippen molar-refractivity contribution in [2.24, 2.45) is 0 Å². The van der Waals surface area contributed by atoms with Crippen LogP contribution in [0.4, 0.5) is 5.69 Å². The first-order valence-electron chi connectivity index (χ1n) is 8.87. The monoisotopic (exact) mass is 434 g/mol. The Balaban J connectivity index is 1.62. The number of nitrogens with one attached hydrogen (secondary N) is 1. The van der Waals surface area contributed by atoms with E-state index in [1.165, 1.54) is 34.6 Å². The number of benzene rings is 1. The van der Waals surface area contributed by atoms with Crippen LogP contribution < -0.4 is 5.32 Å². The van der Waals surface area contributed by atoms with E-state index in [4.69, 9.17) is 0 Å². The quantitative estimate of drug-likeness (QED) is 0.702. The van der Waals surface area contributed by atoms with E-state index in [2.05, 4.69) is 21.2 Å². The van der Waals surface area contributed by atoms with Crippen molar-refractivity contribution in [3.8, 4) is 0 Å². The fourth-order valence-electron chi connectivity index (χ4n) is 3.21. The Hall–Kier alpha value is -1.66. The van der Waals surface area contributed by atoms with Crippen LogP contribution in [-0.4, -0.2) is 30.3 Å². The highest BCUT2D eigenvalue weighted by Crippen LogP contribution is 2.29. The van der Waals surface area contributed by atoms with E-state index in [0.29, 0.717) is 0 Å². The smallest absolute Gasteiger partial charge is 0.264 e. The van der Waals surface area contributed by atoms with Crippen molar-refractivity contribution < 1.29 is 9.59 Å². The number of likely N-dealkylation sites (N-methyl/N-ethyl adjacent to an activating group) is 1. The van der Waals surface area contributed by atoms with Gasteiger partial charge in [-0.15, -0.1) is 11.3 Å². The van der Waals surface area contributed by atoms with Crippen LogP contribution in [-0.2, 0) is 17.6 Å². The summed E-state index contributed by atoms with van der Waals surface area (Å²) in [6.07, 6.45) is 5.79. The molecule has 1 aliphatic rings. The molecule has 3 rings (SSSR count). The molecule has 1 N–H and O–H groups in total. The second-order valence-corrected chi connectivity index (χ2v) is 8.84. The molecule has 0 unspecified atom stereocenters. The van der Waals surface area contributed by atoms with Gasteiger partial charge in [0.15, 0.2) is 0 Å². The number of carbonyl (C=O) groups excluding carboxylic acids is 2. The van der Waals surface area contributed by atoms with Crippen molar-refractivity contribution in [1.29, 1.82) is 0 Å². The summed E-state index contributed by atoms with van der Waals surface area (Å²) < 4.78 is 0.970. The van der Waals surface area contributed by atoms with Gasteiger partial charge in [-0.05, 0) is 68.0 Å². The zero-order valence-electron chi connectivity index (χ0n) is 15.1. The third-order valence-electron chi connectivity index (χ3n) is 4.65. The number of aryl methyl sites for hydroxylation is 3. The Morgan fingerprint density at radius 2 is 1.96 bits per heavy atom. The third kappa shape index (κ3) is 4.54. The molecule has 0 atom stereocenters. The molecule has 0 saturated carbocycles. The van der Waals surface area contributed by atoms with Crippen molar-refractivity contribution >= 4 is 44.8 Å². The van der Waals surface area contributed by atoms with E-state index in [9.17, 15) is 9.59 Å². The zero-order valence-corrected chi connectivity index (χ0v) is 17.5. The lowest BCUT2D eigenvalue weighted by Gasteiger charge is -2.16. The summed E-state index contributed by atoms with van der Waals surface area (Å²) >= 11 is 5.00. The van der Waals surface area contributed by atoms with Crippen molar-refractivity contribution in [1.82, 2.24) is 4.90 Å². The zero-order chi connectivity index (χ0) is 18.7. The summed E-state index contributed by atoms with van der Waals surface area (Å²) in [5.74, 6) is -0.268. The van der Waals surface area contributed by atoms with Crippen LogP contribution in [0.2, 0.25) is 0 Å². The Bertz CT molecular complexity index is 808. The molecule has 1 aromatic carbocycles. The van der Waals surface area contributed by atoms with Gasteiger partial charge in [-0.2, -0.15) is 0 Å². The normalized spacial score (nSPS) is 13.7. The van der Waals surface area contributed by atoms with E-state index in [1.54, 1.807) is 18.4 Å². The number of fused-ring (bicyclic) bond motifs is 1. The molecular weight excluding hydrogens is 412 g/mol. The van der Waals surface area contributed by atoms with Gasteiger partial charge in [0.25, 0.3) is 5.91 Å². The Kier molecular flexibility index (Phi) is 6.14. The summed E-state index contributed by atoms with van der Waals surface area (Å²) in [5, 5.41) is 2.88. The van der Waals surface area contributed by atoms with Crippen LogP contribution >= 0.6 is 27.3 Å². The highest BCUT2D eigenvalue weighted by molar-refractivity contribution is 9.10. The summed E-state index contributed by atoms with van der Waals surface area (Å²) in [7, 11) is 1.68. The summed E-state index contributed by atoms with van der Waals surface area (Å²) in [6.45, 7) is 1.98. The fourth-order valence-corrected chi connectivity index (χ4v) is 4.93. The van der Waals surface area contributed by atoms with Crippen LogP contribution in [0.5, 0.6) is 0 Å². The number of amides is 2.